The molecule has 0 aliphatic heterocycles. The molecule has 0 bridgehead atoms. The summed E-state index contributed by atoms with van der Waals surface area (Å²) in [6.45, 7) is 0.476. The highest BCUT2D eigenvalue weighted by atomic mass is 79.9. The summed E-state index contributed by atoms with van der Waals surface area (Å²) in [4.78, 5) is 13.4. The number of nitrogens with two attached hydrogens (primary N) is 1. The van der Waals surface area contributed by atoms with Crippen LogP contribution >= 0.6 is 15.9 Å². The predicted octanol–water partition coefficient (Wildman–Crippen LogP) is 1.88. The summed E-state index contributed by atoms with van der Waals surface area (Å²) < 4.78 is 0.758. The Morgan fingerprint density at radius 3 is 2.83 bits per heavy atom. The summed E-state index contributed by atoms with van der Waals surface area (Å²) in [5.74, 6) is 0. The maximum atomic E-state index is 9.94. The number of rotatable bonds is 2. The van der Waals surface area contributed by atoms with Crippen molar-refractivity contribution in [3.63, 3.8) is 0 Å². The lowest BCUT2D eigenvalue weighted by atomic mass is 10.2. The minimum absolute atomic E-state index is 0.476. The van der Waals surface area contributed by atoms with Crippen LogP contribution in [0, 0.1) is 0 Å². The number of aliphatic imine (C=N–C) groups is 1. The van der Waals surface area contributed by atoms with E-state index in [0.717, 1.165) is 10.0 Å². The molecular formula is C8H7BrN2O. The van der Waals surface area contributed by atoms with Crippen LogP contribution in [-0.4, -0.2) is 6.08 Å². The zero-order valence-corrected chi connectivity index (χ0v) is 7.84. The molecule has 12 heavy (non-hydrogen) atoms. The maximum Gasteiger partial charge on any atom is 0.240 e. The first-order valence-electron chi connectivity index (χ1n) is 3.34. The molecule has 0 amide bonds. The third kappa shape index (κ3) is 2.01. The predicted molar refractivity (Wildman–Crippen MR) is 49.8 cm³/mol. The highest BCUT2D eigenvalue weighted by Gasteiger charge is 1.98. The molecule has 1 aromatic carbocycles. The highest BCUT2D eigenvalue weighted by molar-refractivity contribution is 9.10. The maximum absolute atomic E-state index is 9.94. The van der Waals surface area contributed by atoms with Crippen molar-refractivity contribution < 1.29 is 4.79 Å². The van der Waals surface area contributed by atoms with Gasteiger partial charge in [-0.3, -0.25) is 0 Å². The molecule has 3 nitrogen and oxygen atoms in total. The van der Waals surface area contributed by atoms with Gasteiger partial charge in [0.05, 0.1) is 5.69 Å². The van der Waals surface area contributed by atoms with Crippen LogP contribution in [0.3, 0.4) is 0 Å². The first-order chi connectivity index (χ1) is 5.77. The molecule has 0 fully saturated rings. The van der Waals surface area contributed by atoms with Gasteiger partial charge in [0.2, 0.25) is 6.08 Å². The van der Waals surface area contributed by atoms with Crippen LogP contribution in [0.1, 0.15) is 5.56 Å². The lowest BCUT2D eigenvalue weighted by molar-refractivity contribution is 0.565. The Morgan fingerprint density at radius 2 is 2.33 bits per heavy atom. The van der Waals surface area contributed by atoms with E-state index in [1.54, 1.807) is 6.07 Å². The van der Waals surface area contributed by atoms with Crippen molar-refractivity contribution in [2.45, 2.75) is 6.54 Å². The van der Waals surface area contributed by atoms with Crippen molar-refractivity contribution in [2.24, 2.45) is 10.7 Å². The van der Waals surface area contributed by atoms with Crippen LogP contribution < -0.4 is 5.73 Å². The van der Waals surface area contributed by atoms with Crippen LogP contribution in [-0.2, 0) is 11.3 Å². The standard InChI is InChI=1S/C8H7BrN2O/c9-7-3-6(4-10)1-2-8(7)11-5-12/h1-3H,4,10H2. The zero-order chi connectivity index (χ0) is 8.97. The second-order valence-electron chi connectivity index (χ2n) is 2.19. The molecule has 0 heterocycles. The Kier molecular flexibility index (Phi) is 3.17. The first kappa shape index (κ1) is 9.13. The monoisotopic (exact) mass is 226 g/mol. The Morgan fingerprint density at radius 1 is 1.58 bits per heavy atom. The Hall–Kier alpha value is -0.960. The van der Waals surface area contributed by atoms with Crippen molar-refractivity contribution in [3.05, 3.63) is 28.2 Å². The van der Waals surface area contributed by atoms with Gasteiger partial charge in [0.15, 0.2) is 0 Å². The van der Waals surface area contributed by atoms with Crippen LogP contribution in [0.25, 0.3) is 0 Å². The number of carbonyl (C=O) groups excluding carboxylic acids is 1. The highest BCUT2D eigenvalue weighted by Crippen LogP contribution is 2.25. The lowest BCUT2D eigenvalue weighted by Crippen LogP contribution is -1.95. The van der Waals surface area contributed by atoms with Crippen molar-refractivity contribution in [2.75, 3.05) is 0 Å². The van der Waals surface area contributed by atoms with Gasteiger partial charge in [0.25, 0.3) is 0 Å². The van der Waals surface area contributed by atoms with Crippen molar-refractivity contribution in [1.29, 1.82) is 0 Å². The number of hydrogen-bond acceptors (Lipinski definition) is 3. The average molecular weight is 227 g/mol. The summed E-state index contributed by atoms with van der Waals surface area (Å²) in [7, 11) is 0. The topological polar surface area (TPSA) is 55.4 Å². The van der Waals surface area contributed by atoms with E-state index in [1.165, 1.54) is 6.08 Å². The Balaban J connectivity index is 3.11. The molecule has 0 saturated carbocycles. The summed E-state index contributed by atoms with van der Waals surface area (Å²) in [5.41, 5.74) is 6.98. The fraction of sp³-hybridized carbons (Fsp3) is 0.125. The minimum atomic E-state index is 0.476. The Labute approximate surface area is 78.4 Å². The van der Waals surface area contributed by atoms with Gasteiger partial charge in [0.1, 0.15) is 0 Å². The van der Waals surface area contributed by atoms with Gasteiger partial charge >= 0.3 is 0 Å². The normalized spacial score (nSPS) is 9.17. The first-order valence-corrected chi connectivity index (χ1v) is 4.13. The van der Waals surface area contributed by atoms with Gasteiger partial charge in [-0.25, -0.2) is 4.79 Å². The van der Waals surface area contributed by atoms with Crippen LogP contribution in [0.4, 0.5) is 5.69 Å². The van der Waals surface area contributed by atoms with E-state index in [9.17, 15) is 4.79 Å². The molecule has 0 radical (unpaired) electrons. The van der Waals surface area contributed by atoms with Gasteiger partial charge in [-0.2, -0.15) is 4.99 Å². The van der Waals surface area contributed by atoms with E-state index in [-0.39, 0.29) is 0 Å². The minimum Gasteiger partial charge on any atom is -0.326 e. The van der Waals surface area contributed by atoms with Gasteiger partial charge in [-0.1, -0.05) is 6.07 Å². The van der Waals surface area contributed by atoms with E-state index in [2.05, 4.69) is 20.9 Å². The fourth-order valence-electron chi connectivity index (χ4n) is 0.817. The van der Waals surface area contributed by atoms with E-state index in [1.807, 2.05) is 12.1 Å². The molecule has 1 rings (SSSR count). The molecule has 0 aromatic heterocycles. The average Bonchev–Trinajstić information content (AvgIpc) is 2.09. The third-order valence-corrected chi connectivity index (χ3v) is 2.05. The van der Waals surface area contributed by atoms with Crippen molar-refractivity contribution in [3.8, 4) is 0 Å². The third-order valence-electron chi connectivity index (χ3n) is 1.41. The number of halogens is 1. The van der Waals surface area contributed by atoms with E-state index in [4.69, 9.17) is 5.73 Å². The number of nitrogens with zero attached hydrogens (tertiary/aromatic N) is 1. The second kappa shape index (κ2) is 4.16. The number of hydrogen-bond donors (Lipinski definition) is 1. The second-order valence-corrected chi connectivity index (χ2v) is 3.05. The quantitative estimate of drug-likeness (QED) is 0.619. The summed E-state index contributed by atoms with van der Waals surface area (Å²) in [5, 5.41) is 0. The SMILES string of the molecule is NCc1ccc(N=C=O)c(Br)c1. The van der Waals surface area contributed by atoms with Gasteiger partial charge in [-0.15, -0.1) is 0 Å². The molecule has 0 aliphatic carbocycles. The summed E-state index contributed by atoms with van der Waals surface area (Å²) in [6, 6.07) is 5.37. The summed E-state index contributed by atoms with van der Waals surface area (Å²) in [6.07, 6.45) is 1.48. The van der Waals surface area contributed by atoms with Crippen LogP contribution in [0.15, 0.2) is 27.7 Å². The molecule has 4 heteroatoms. The van der Waals surface area contributed by atoms with E-state index < -0.39 is 0 Å². The van der Waals surface area contributed by atoms with E-state index in [0.29, 0.717) is 12.2 Å². The van der Waals surface area contributed by atoms with Gasteiger partial charge in [0, 0.05) is 11.0 Å². The Bertz CT molecular complexity index is 332. The van der Waals surface area contributed by atoms with Crippen LogP contribution in [0.5, 0.6) is 0 Å². The molecule has 2 N–H and O–H groups in total. The van der Waals surface area contributed by atoms with Gasteiger partial charge < -0.3 is 5.73 Å². The van der Waals surface area contributed by atoms with Gasteiger partial charge in [-0.05, 0) is 33.6 Å². The lowest BCUT2D eigenvalue weighted by Gasteiger charge is -1.99. The molecule has 62 valence electrons. The largest absolute Gasteiger partial charge is 0.326 e. The molecule has 0 unspecified atom stereocenters. The van der Waals surface area contributed by atoms with Crippen molar-refractivity contribution in [1.82, 2.24) is 0 Å². The molecule has 1 aromatic rings. The molecule has 0 saturated heterocycles. The molecule has 0 atom stereocenters. The summed E-state index contributed by atoms with van der Waals surface area (Å²) >= 11 is 3.26. The smallest absolute Gasteiger partial charge is 0.240 e. The molecule has 0 aliphatic rings. The molecular weight excluding hydrogens is 220 g/mol. The van der Waals surface area contributed by atoms with Crippen molar-refractivity contribution >= 4 is 27.7 Å². The fourth-order valence-corrected chi connectivity index (χ4v) is 1.33. The molecule has 0 spiro atoms. The number of isocyanates is 1. The zero-order valence-electron chi connectivity index (χ0n) is 6.25. The van der Waals surface area contributed by atoms with E-state index >= 15 is 0 Å². The number of benzene rings is 1. The van der Waals surface area contributed by atoms with Crippen LogP contribution in [0.2, 0.25) is 0 Å².